The first-order valence-corrected chi connectivity index (χ1v) is 10.2. The highest BCUT2D eigenvalue weighted by Gasteiger charge is 2.19. The zero-order valence-corrected chi connectivity index (χ0v) is 16.0. The number of benzene rings is 2. The number of sulfone groups is 1. The fourth-order valence-corrected chi connectivity index (χ4v) is 5.04. The molecule has 0 aliphatic carbocycles. The van der Waals surface area contributed by atoms with Gasteiger partial charge in [0.1, 0.15) is 5.75 Å². The Hall–Kier alpha value is -1.96. The van der Waals surface area contributed by atoms with E-state index in [1.54, 1.807) is 35.9 Å². The minimum absolute atomic E-state index is 0.109. The minimum Gasteiger partial charge on any atom is -0.319 e. The second-order valence-corrected chi connectivity index (χ2v) is 8.94. The molecule has 25 heavy (non-hydrogen) atoms. The Balaban J connectivity index is 2.00. The van der Waals surface area contributed by atoms with Crippen molar-refractivity contribution < 1.29 is 13.2 Å². The van der Waals surface area contributed by atoms with E-state index in [-0.39, 0.29) is 4.90 Å². The first-order valence-electron chi connectivity index (χ1n) is 7.39. The van der Waals surface area contributed by atoms with Crippen molar-refractivity contribution in [2.45, 2.75) is 11.8 Å². The summed E-state index contributed by atoms with van der Waals surface area (Å²) in [7, 11) is -1.94. The number of halogens is 1. The Bertz CT molecular complexity index is 1130. The van der Waals surface area contributed by atoms with Crippen LogP contribution in [0.5, 0.6) is 0 Å². The van der Waals surface area contributed by atoms with Crippen LogP contribution in [0, 0.1) is 6.92 Å². The molecular weight excluding hydrogens is 380 g/mol. The van der Waals surface area contributed by atoms with E-state index in [4.69, 9.17) is 11.6 Å². The van der Waals surface area contributed by atoms with Crippen molar-refractivity contribution >= 4 is 48.9 Å². The largest absolute Gasteiger partial charge is 0.319 e. The average molecular weight is 395 g/mol. The van der Waals surface area contributed by atoms with E-state index in [1.807, 2.05) is 13.0 Å². The monoisotopic (exact) mass is 394 g/mol. The summed E-state index contributed by atoms with van der Waals surface area (Å²) >= 11 is 7.48. The second kappa shape index (κ2) is 6.74. The van der Waals surface area contributed by atoms with Crippen LogP contribution in [0.2, 0.25) is 5.02 Å². The van der Waals surface area contributed by atoms with Gasteiger partial charge in [0, 0.05) is 7.05 Å². The summed E-state index contributed by atoms with van der Waals surface area (Å²) in [5, 5.41) is 0.576. The zero-order chi connectivity index (χ0) is 18.2. The predicted octanol–water partition coefficient (Wildman–Crippen LogP) is 3.10. The highest BCUT2D eigenvalue weighted by atomic mass is 35.5. The first-order chi connectivity index (χ1) is 11.8. The van der Waals surface area contributed by atoms with Gasteiger partial charge in [0.15, 0.2) is 14.6 Å². The van der Waals surface area contributed by atoms with Crippen LogP contribution in [0.4, 0.5) is 0 Å². The van der Waals surface area contributed by atoms with Gasteiger partial charge in [0.2, 0.25) is 0 Å². The molecule has 0 bridgehead atoms. The third kappa shape index (κ3) is 3.53. The quantitative estimate of drug-likeness (QED) is 0.685. The molecule has 0 spiro atoms. The summed E-state index contributed by atoms with van der Waals surface area (Å²) in [6.07, 6.45) is 0. The van der Waals surface area contributed by atoms with Crippen molar-refractivity contribution in [2.24, 2.45) is 12.0 Å². The van der Waals surface area contributed by atoms with Crippen LogP contribution in [0.3, 0.4) is 0 Å². The molecule has 0 N–H and O–H groups in total. The zero-order valence-electron chi connectivity index (χ0n) is 13.6. The number of nitrogens with zero attached hydrogens (tertiary/aromatic N) is 2. The Morgan fingerprint density at radius 3 is 2.52 bits per heavy atom. The fourth-order valence-electron chi connectivity index (χ4n) is 2.52. The van der Waals surface area contributed by atoms with Crippen molar-refractivity contribution in [3.05, 3.63) is 57.9 Å². The smallest absolute Gasteiger partial charge is 0.263 e. The minimum atomic E-state index is -3.71. The lowest BCUT2D eigenvalue weighted by Gasteiger charge is -2.01. The van der Waals surface area contributed by atoms with E-state index >= 15 is 0 Å². The normalized spacial score (nSPS) is 12.7. The van der Waals surface area contributed by atoms with E-state index in [2.05, 4.69) is 4.99 Å². The molecule has 0 unspecified atom stereocenters. The standard InChI is InChI=1S/C17H15ClN2O3S2/c1-11-8-9-13(18)16-15(11)20(2)17(24-16)19-14(21)10-25(22,23)12-6-4-3-5-7-12/h3-9H,10H2,1-2H3. The summed E-state index contributed by atoms with van der Waals surface area (Å²) in [5.74, 6) is -1.38. The summed E-state index contributed by atoms with van der Waals surface area (Å²) in [5.41, 5.74) is 1.89. The summed E-state index contributed by atoms with van der Waals surface area (Å²) in [6, 6.07) is 11.6. The van der Waals surface area contributed by atoms with Crippen LogP contribution in [0.25, 0.3) is 10.2 Å². The fraction of sp³-hybridized carbons (Fsp3) is 0.176. The van der Waals surface area contributed by atoms with E-state index in [0.29, 0.717) is 9.82 Å². The Labute approximate surface area is 154 Å². The number of carbonyl (C=O) groups excluding carboxylic acids is 1. The van der Waals surface area contributed by atoms with Crippen molar-refractivity contribution in [1.29, 1.82) is 0 Å². The van der Waals surface area contributed by atoms with E-state index in [0.717, 1.165) is 15.8 Å². The molecule has 1 aromatic heterocycles. The van der Waals surface area contributed by atoms with Crippen molar-refractivity contribution in [3.63, 3.8) is 0 Å². The molecule has 0 atom stereocenters. The Morgan fingerprint density at radius 1 is 1.20 bits per heavy atom. The number of aryl methyl sites for hydroxylation is 2. The van der Waals surface area contributed by atoms with Crippen LogP contribution in [-0.4, -0.2) is 24.6 Å². The number of fused-ring (bicyclic) bond motifs is 1. The number of aromatic nitrogens is 1. The molecule has 1 amide bonds. The molecule has 0 radical (unpaired) electrons. The van der Waals surface area contributed by atoms with Crippen LogP contribution in [-0.2, 0) is 21.7 Å². The Kier molecular flexibility index (Phi) is 4.81. The molecule has 8 heteroatoms. The maximum Gasteiger partial charge on any atom is 0.263 e. The van der Waals surface area contributed by atoms with E-state index < -0.39 is 21.5 Å². The lowest BCUT2D eigenvalue weighted by atomic mass is 10.2. The number of amides is 1. The third-order valence-corrected chi connectivity index (χ3v) is 6.95. The van der Waals surface area contributed by atoms with E-state index in [9.17, 15) is 13.2 Å². The topological polar surface area (TPSA) is 68.5 Å². The maximum atomic E-state index is 12.3. The summed E-state index contributed by atoms with van der Waals surface area (Å²) < 4.78 is 27.2. The van der Waals surface area contributed by atoms with Gasteiger partial charge in [-0.2, -0.15) is 4.99 Å². The van der Waals surface area contributed by atoms with Crippen LogP contribution >= 0.6 is 22.9 Å². The van der Waals surface area contributed by atoms with Crippen molar-refractivity contribution in [3.8, 4) is 0 Å². The summed E-state index contributed by atoms with van der Waals surface area (Å²) in [4.78, 5) is 16.7. The molecular formula is C17H15ClN2O3S2. The molecule has 1 heterocycles. The van der Waals surface area contributed by atoms with Gasteiger partial charge in [-0.25, -0.2) is 8.42 Å². The third-order valence-electron chi connectivity index (χ3n) is 3.74. The molecule has 3 rings (SSSR count). The van der Waals surface area contributed by atoms with Gasteiger partial charge in [0.25, 0.3) is 5.91 Å². The van der Waals surface area contributed by atoms with Gasteiger partial charge in [0.05, 0.1) is 20.1 Å². The van der Waals surface area contributed by atoms with Crippen LogP contribution in [0.1, 0.15) is 5.56 Å². The Morgan fingerprint density at radius 2 is 1.88 bits per heavy atom. The molecule has 0 aliphatic heterocycles. The molecule has 5 nitrogen and oxygen atoms in total. The molecule has 0 saturated carbocycles. The molecule has 0 aliphatic rings. The van der Waals surface area contributed by atoms with Crippen molar-refractivity contribution in [2.75, 3.05) is 5.75 Å². The van der Waals surface area contributed by atoms with E-state index in [1.165, 1.54) is 23.5 Å². The lowest BCUT2D eigenvalue weighted by molar-refractivity contribution is -0.115. The van der Waals surface area contributed by atoms with Crippen LogP contribution in [0.15, 0.2) is 52.4 Å². The van der Waals surface area contributed by atoms with Gasteiger partial charge >= 0.3 is 0 Å². The lowest BCUT2D eigenvalue weighted by Crippen LogP contribution is -2.19. The average Bonchev–Trinajstić information content (AvgIpc) is 2.89. The molecule has 0 saturated heterocycles. The second-order valence-electron chi connectivity index (χ2n) is 5.56. The SMILES string of the molecule is Cc1ccc(Cl)c2sc(=NC(=O)CS(=O)(=O)c3ccccc3)n(C)c12. The first kappa shape index (κ1) is 17.8. The molecule has 0 fully saturated rings. The predicted molar refractivity (Wildman–Crippen MR) is 99.6 cm³/mol. The summed E-state index contributed by atoms with van der Waals surface area (Å²) in [6.45, 7) is 1.94. The number of rotatable bonds is 3. The number of hydrogen-bond donors (Lipinski definition) is 0. The van der Waals surface area contributed by atoms with Gasteiger partial charge in [-0.15, -0.1) is 0 Å². The number of carbonyl (C=O) groups is 1. The van der Waals surface area contributed by atoms with Gasteiger partial charge in [-0.3, -0.25) is 4.79 Å². The molecule has 3 aromatic rings. The molecule has 2 aromatic carbocycles. The molecule has 130 valence electrons. The highest BCUT2D eigenvalue weighted by Crippen LogP contribution is 2.28. The van der Waals surface area contributed by atoms with Gasteiger partial charge in [-0.1, -0.05) is 47.2 Å². The number of thiazole rings is 1. The van der Waals surface area contributed by atoms with Crippen molar-refractivity contribution in [1.82, 2.24) is 4.57 Å². The maximum absolute atomic E-state index is 12.3. The van der Waals surface area contributed by atoms with Gasteiger partial charge < -0.3 is 4.57 Å². The van der Waals surface area contributed by atoms with Gasteiger partial charge in [-0.05, 0) is 30.7 Å². The number of hydrogen-bond acceptors (Lipinski definition) is 4. The van der Waals surface area contributed by atoms with Crippen LogP contribution < -0.4 is 4.80 Å². The highest BCUT2D eigenvalue weighted by molar-refractivity contribution is 7.92.